The summed E-state index contributed by atoms with van der Waals surface area (Å²) < 4.78 is 1.86. The molecule has 0 radical (unpaired) electrons. The lowest BCUT2D eigenvalue weighted by molar-refractivity contribution is 0.123. The molecule has 3 heterocycles. The molecule has 122 valence electrons. The number of rotatable bonds is 4. The van der Waals surface area contributed by atoms with E-state index in [4.69, 9.17) is 0 Å². The summed E-state index contributed by atoms with van der Waals surface area (Å²) in [5.41, 5.74) is 0. The highest BCUT2D eigenvalue weighted by Gasteiger charge is 2.29. The van der Waals surface area contributed by atoms with Crippen LogP contribution in [-0.2, 0) is 6.54 Å². The minimum atomic E-state index is 0.0727. The van der Waals surface area contributed by atoms with Crippen molar-refractivity contribution >= 4 is 6.03 Å². The van der Waals surface area contributed by atoms with E-state index in [1.807, 2.05) is 28.8 Å². The Morgan fingerprint density at radius 2 is 2.14 bits per heavy atom. The van der Waals surface area contributed by atoms with Crippen LogP contribution in [0.5, 0.6) is 0 Å². The Kier molecular flexibility index (Phi) is 4.97. The largest absolute Gasteiger partial charge is 0.334 e. The summed E-state index contributed by atoms with van der Waals surface area (Å²) in [5.74, 6) is 0. The summed E-state index contributed by atoms with van der Waals surface area (Å²) in [5, 5.41) is 7.29. The summed E-state index contributed by atoms with van der Waals surface area (Å²) in [6.07, 6.45) is 8.65. The third kappa shape index (κ3) is 3.80. The molecule has 1 N–H and O–H groups in total. The topological polar surface area (TPSA) is 53.4 Å². The Morgan fingerprint density at radius 3 is 2.86 bits per heavy atom. The maximum absolute atomic E-state index is 12.5. The van der Waals surface area contributed by atoms with Crippen LogP contribution in [-0.4, -0.2) is 63.9 Å². The quantitative estimate of drug-likeness (QED) is 0.918. The van der Waals surface area contributed by atoms with Gasteiger partial charge in [-0.25, -0.2) is 4.79 Å². The summed E-state index contributed by atoms with van der Waals surface area (Å²) >= 11 is 0. The number of nitrogens with zero attached hydrogens (tertiary/aromatic N) is 4. The highest BCUT2D eigenvalue weighted by Crippen LogP contribution is 2.20. The monoisotopic (exact) mass is 305 g/mol. The first-order valence-electron chi connectivity index (χ1n) is 8.49. The number of aromatic nitrogens is 2. The van der Waals surface area contributed by atoms with Crippen LogP contribution in [0.4, 0.5) is 4.79 Å². The van der Waals surface area contributed by atoms with Gasteiger partial charge in [-0.05, 0) is 51.8 Å². The Balaban J connectivity index is 1.48. The van der Waals surface area contributed by atoms with E-state index in [1.165, 1.54) is 32.4 Å². The lowest BCUT2D eigenvalue weighted by Gasteiger charge is -2.38. The predicted octanol–water partition coefficient (Wildman–Crippen LogP) is 1.54. The lowest BCUT2D eigenvalue weighted by Crippen LogP contribution is -2.53. The minimum absolute atomic E-state index is 0.0727. The maximum atomic E-state index is 12.5. The fourth-order valence-corrected chi connectivity index (χ4v) is 3.58. The van der Waals surface area contributed by atoms with E-state index >= 15 is 0 Å². The molecule has 2 aliphatic rings. The van der Waals surface area contributed by atoms with Crippen LogP contribution in [0.1, 0.15) is 32.6 Å². The fraction of sp³-hybridized carbons (Fsp3) is 0.750. The molecule has 3 rings (SSSR count). The van der Waals surface area contributed by atoms with Crippen molar-refractivity contribution in [1.29, 1.82) is 0 Å². The maximum Gasteiger partial charge on any atom is 0.317 e. The SMILES string of the molecule is C[C@@H](Cn1cccn1)NC(=O)N1CCC[C@H](N2CCCC2)C1. The van der Waals surface area contributed by atoms with Gasteiger partial charge in [0.1, 0.15) is 0 Å². The van der Waals surface area contributed by atoms with Crippen molar-refractivity contribution in [2.24, 2.45) is 0 Å². The molecule has 1 aromatic rings. The molecule has 22 heavy (non-hydrogen) atoms. The molecule has 0 spiro atoms. The lowest BCUT2D eigenvalue weighted by atomic mass is 10.0. The van der Waals surface area contributed by atoms with Crippen molar-refractivity contribution in [3.05, 3.63) is 18.5 Å². The van der Waals surface area contributed by atoms with Crippen LogP contribution in [0.3, 0.4) is 0 Å². The normalized spacial score (nSPS) is 24.4. The molecule has 6 heteroatoms. The predicted molar refractivity (Wildman–Crippen MR) is 85.6 cm³/mol. The van der Waals surface area contributed by atoms with Gasteiger partial charge in [-0.2, -0.15) is 5.10 Å². The van der Waals surface area contributed by atoms with E-state index in [9.17, 15) is 4.79 Å². The number of hydrogen-bond acceptors (Lipinski definition) is 3. The van der Waals surface area contributed by atoms with E-state index in [1.54, 1.807) is 6.20 Å². The Hall–Kier alpha value is -1.56. The molecule has 6 nitrogen and oxygen atoms in total. The van der Waals surface area contributed by atoms with Gasteiger partial charge < -0.3 is 10.2 Å². The average molecular weight is 305 g/mol. The van der Waals surface area contributed by atoms with Crippen molar-refractivity contribution < 1.29 is 4.79 Å². The fourth-order valence-electron chi connectivity index (χ4n) is 3.58. The molecule has 2 saturated heterocycles. The number of nitrogens with one attached hydrogen (secondary N) is 1. The smallest absolute Gasteiger partial charge is 0.317 e. The molecule has 2 aliphatic heterocycles. The highest BCUT2D eigenvalue weighted by molar-refractivity contribution is 5.74. The second-order valence-corrected chi connectivity index (χ2v) is 6.56. The van der Waals surface area contributed by atoms with E-state index in [0.29, 0.717) is 12.6 Å². The Labute approximate surface area is 132 Å². The van der Waals surface area contributed by atoms with Gasteiger partial charge in [0.05, 0.1) is 6.54 Å². The molecule has 0 aliphatic carbocycles. The van der Waals surface area contributed by atoms with Crippen molar-refractivity contribution in [3.63, 3.8) is 0 Å². The third-order valence-corrected chi connectivity index (χ3v) is 4.73. The van der Waals surface area contributed by atoms with Crippen LogP contribution >= 0.6 is 0 Å². The summed E-state index contributed by atoms with van der Waals surface area (Å²) in [4.78, 5) is 17.0. The third-order valence-electron chi connectivity index (χ3n) is 4.73. The number of urea groups is 1. The number of carbonyl (C=O) groups excluding carboxylic acids is 1. The zero-order valence-electron chi connectivity index (χ0n) is 13.4. The first kappa shape index (κ1) is 15.3. The molecule has 0 aromatic carbocycles. The zero-order chi connectivity index (χ0) is 15.4. The van der Waals surface area contributed by atoms with Gasteiger partial charge in [-0.1, -0.05) is 0 Å². The molecule has 1 aromatic heterocycles. The van der Waals surface area contributed by atoms with E-state index < -0.39 is 0 Å². The number of piperidine rings is 1. The Bertz CT molecular complexity index is 469. The van der Waals surface area contributed by atoms with Gasteiger partial charge >= 0.3 is 6.03 Å². The molecule has 0 unspecified atom stereocenters. The minimum Gasteiger partial charge on any atom is -0.334 e. The second-order valence-electron chi connectivity index (χ2n) is 6.56. The van der Waals surface area contributed by atoms with E-state index in [2.05, 4.69) is 15.3 Å². The molecule has 2 fully saturated rings. The molecule has 0 saturated carbocycles. The van der Waals surface area contributed by atoms with Gasteiger partial charge in [-0.15, -0.1) is 0 Å². The van der Waals surface area contributed by atoms with Gasteiger partial charge in [0.15, 0.2) is 0 Å². The summed E-state index contributed by atoms with van der Waals surface area (Å²) in [6.45, 7) is 6.90. The summed E-state index contributed by atoms with van der Waals surface area (Å²) in [7, 11) is 0. The van der Waals surface area contributed by atoms with Crippen molar-refractivity contribution in [1.82, 2.24) is 24.9 Å². The van der Waals surface area contributed by atoms with Gasteiger partial charge in [0.25, 0.3) is 0 Å². The van der Waals surface area contributed by atoms with E-state index in [-0.39, 0.29) is 12.1 Å². The van der Waals surface area contributed by atoms with Gasteiger partial charge in [0, 0.05) is 37.6 Å². The van der Waals surface area contributed by atoms with Crippen LogP contribution in [0.2, 0.25) is 0 Å². The number of likely N-dealkylation sites (tertiary alicyclic amines) is 2. The van der Waals surface area contributed by atoms with E-state index in [0.717, 1.165) is 19.5 Å². The highest BCUT2D eigenvalue weighted by atomic mass is 16.2. The molecular formula is C16H27N5O. The Morgan fingerprint density at radius 1 is 1.32 bits per heavy atom. The standard InChI is InChI=1S/C16H27N5O/c1-14(12-21-11-5-7-17-21)18-16(22)20-10-4-6-15(13-20)19-8-2-3-9-19/h5,7,11,14-15H,2-4,6,8-10,12-13H2,1H3,(H,18,22)/t14-,15-/m0/s1. The van der Waals surface area contributed by atoms with Crippen molar-refractivity contribution in [3.8, 4) is 0 Å². The van der Waals surface area contributed by atoms with Crippen LogP contribution in [0, 0.1) is 0 Å². The second kappa shape index (κ2) is 7.13. The van der Waals surface area contributed by atoms with Crippen LogP contribution in [0.15, 0.2) is 18.5 Å². The van der Waals surface area contributed by atoms with Crippen molar-refractivity contribution in [2.45, 2.75) is 51.2 Å². The van der Waals surface area contributed by atoms with Gasteiger partial charge in [-0.3, -0.25) is 9.58 Å². The van der Waals surface area contributed by atoms with Gasteiger partial charge in [0.2, 0.25) is 0 Å². The number of amides is 2. The number of carbonyl (C=O) groups is 1. The molecular weight excluding hydrogens is 278 g/mol. The molecule has 2 atom stereocenters. The van der Waals surface area contributed by atoms with Crippen LogP contribution in [0.25, 0.3) is 0 Å². The molecule has 2 amide bonds. The number of hydrogen-bond donors (Lipinski definition) is 1. The average Bonchev–Trinajstić information content (AvgIpc) is 3.20. The first-order chi connectivity index (χ1) is 10.7. The molecule has 0 bridgehead atoms. The van der Waals surface area contributed by atoms with Crippen LogP contribution < -0.4 is 5.32 Å². The first-order valence-corrected chi connectivity index (χ1v) is 8.49. The summed E-state index contributed by atoms with van der Waals surface area (Å²) in [6, 6.07) is 2.62. The zero-order valence-corrected chi connectivity index (χ0v) is 13.4. The van der Waals surface area contributed by atoms with Crippen molar-refractivity contribution in [2.75, 3.05) is 26.2 Å².